The van der Waals surface area contributed by atoms with Crippen molar-refractivity contribution in [2.45, 2.75) is 59.9 Å². The van der Waals surface area contributed by atoms with Gasteiger partial charge in [0.25, 0.3) is 0 Å². The maximum atomic E-state index is 11.9. The Hall–Kier alpha value is -0.900. The molecule has 1 heterocycles. The van der Waals surface area contributed by atoms with Gasteiger partial charge >= 0.3 is 0 Å². The van der Waals surface area contributed by atoms with E-state index in [-0.39, 0.29) is 22.8 Å². The lowest BCUT2D eigenvalue weighted by Gasteiger charge is -2.21. The van der Waals surface area contributed by atoms with E-state index in [2.05, 4.69) is 36.5 Å². The molecule has 0 aliphatic heterocycles. The first-order valence-corrected chi connectivity index (χ1v) is 7.16. The molecule has 0 aromatic carbocycles. The average Bonchev–Trinajstić information content (AvgIpc) is 2.63. The lowest BCUT2D eigenvalue weighted by Crippen LogP contribution is -2.36. The van der Waals surface area contributed by atoms with Gasteiger partial charge in [0.1, 0.15) is 5.01 Å². The second-order valence-electron chi connectivity index (χ2n) is 6.77. The Balaban J connectivity index is 2.77. The number of carbonyl (C=O) groups excluding carboxylic acids is 1. The number of nitrogens with one attached hydrogen (secondary N) is 1. The number of hydrogen-bond acceptors (Lipinski definition) is 3. The third kappa shape index (κ3) is 3.80. The molecule has 1 rings (SSSR count). The van der Waals surface area contributed by atoms with Crippen LogP contribution in [0.15, 0.2) is 5.38 Å². The fraction of sp³-hybridized carbons (Fsp3) is 0.714. The summed E-state index contributed by atoms with van der Waals surface area (Å²) < 4.78 is 0. The zero-order chi connectivity index (χ0) is 14.1. The van der Waals surface area contributed by atoms with Crippen LogP contribution in [0.5, 0.6) is 0 Å². The molecule has 1 amide bonds. The Bertz CT molecular complexity index is 424. The summed E-state index contributed by atoms with van der Waals surface area (Å²) in [5.41, 5.74) is 0.778. The highest BCUT2D eigenvalue weighted by Crippen LogP contribution is 2.27. The van der Waals surface area contributed by atoms with Crippen molar-refractivity contribution in [3.63, 3.8) is 0 Å². The van der Waals surface area contributed by atoms with Crippen LogP contribution in [0.3, 0.4) is 0 Å². The van der Waals surface area contributed by atoms with Gasteiger partial charge in [-0.15, -0.1) is 11.3 Å². The van der Waals surface area contributed by atoms with Crippen LogP contribution >= 0.6 is 11.3 Å². The summed E-state index contributed by atoms with van der Waals surface area (Å²) in [4.78, 5) is 16.5. The second kappa shape index (κ2) is 5.00. The first-order chi connectivity index (χ1) is 8.01. The van der Waals surface area contributed by atoms with Crippen LogP contribution in [0, 0.1) is 5.41 Å². The van der Waals surface area contributed by atoms with E-state index >= 15 is 0 Å². The third-order valence-electron chi connectivity index (χ3n) is 2.69. The highest BCUT2D eigenvalue weighted by atomic mass is 32.1. The summed E-state index contributed by atoms with van der Waals surface area (Å²) in [6, 6.07) is -0.0298. The van der Waals surface area contributed by atoms with Crippen LogP contribution in [0.2, 0.25) is 0 Å². The van der Waals surface area contributed by atoms with Crippen molar-refractivity contribution < 1.29 is 4.79 Å². The zero-order valence-corrected chi connectivity index (χ0v) is 13.2. The van der Waals surface area contributed by atoms with Crippen LogP contribution < -0.4 is 5.32 Å². The molecule has 0 radical (unpaired) electrons. The van der Waals surface area contributed by atoms with Crippen LogP contribution in [0.1, 0.15) is 65.2 Å². The van der Waals surface area contributed by atoms with Crippen molar-refractivity contribution >= 4 is 17.2 Å². The number of hydrogen-bond donors (Lipinski definition) is 1. The predicted octanol–water partition coefficient (Wildman–Crippen LogP) is 3.66. The molecule has 0 saturated carbocycles. The Morgan fingerprint density at radius 1 is 1.28 bits per heavy atom. The van der Waals surface area contributed by atoms with Crippen LogP contribution in [-0.2, 0) is 10.2 Å². The maximum Gasteiger partial charge on any atom is 0.225 e. The monoisotopic (exact) mass is 268 g/mol. The second-order valence-corrected chi connectivity index (χ2v) is 7.66. The maximum absolute atomic E-state index is 11.9. The van der Waals surface area contributed by atoms with E-state index in [1.807, 2.05) is 27.7 Å². The molecule has 1 N–H and O–H groups in total. The molecular weight excluding hydrogens is 244 g/mol. The van der Waals surface area contributed by atoms with E-state index in [4.69, 9.17) is 0 Å². The fourth-order valence-corrected chi connectivity index (χ4v) is 2.36. The standard InChI is InChI=1S/C14H24N2OS/c1-9(15-12(17)14(5,6)7)11-16-10(8-18-11)13(2,3)4/h8-9H,1-7H3,(H,15,17)/t9-/m0/s1. The van der Waals surface area contributed by atoms with E-state index in [1.165, 1.54) is 0 Å². The van der Waals surface area contributed by atoms with Gasteiger partial charge in [0.05, 0.1) is 11.7 Å². The Morgan fingerprint density at radius 2 is 1.83 bits per heavy atom. The van der Waals surface area contributed by atoms with Gasteiger partial charge in [-0.05, 0) is 6.92 Å². The van der Waals surface area contributed by atoms with E-state index < -0.39 is 0 Å². The number of thiazole rings is 1. The number of rotatable bonds is 2. The number of aromatic nitrogens is 1. The number of amides is 1. The molecule has 0 saturated heterocycles. The molecule has 0 fully saturated rings. The first kappa shape index (κ1) is 15.2. The minimum atomic E-state index is -0.363. The smallest absolute Gasteiger partial charge is 0.225 e. The van der Waals surface area contributed by atoms with Crippen molar-refractivity contribution in [2.75, 3.05) is 0 Å². The number of nitrogens with zero attached hydrogens (tertiary/aromatic N) is 1. The SMILES string of the molecule is C[C@H](NC(=O)C(C)(C)C)c1nc(C(C)(C)C)cs1. The summed E-state index contributed by atoms with van der Waals surface area (Å²) in [5, 5.41) is 6.06. The average molecular weight is 268 g/mol. The molecule has 0 aliphatic carbocycles. The first-order valence-electron chi connectivity index (χ1n) is 6.28. The summed E-state index contributed by atoms with van der Waals surface area (Å²) in [7, 11) is 0. The van der Waals surface area contributed by atoms with Crippen molar-refractivity contribution in [1.82, 2.24) is 10.3 Å². The lowest BCUT2D eigenvalue weighted by molar-refractivity contribution is -0.129. The van der Waals surface area contributed by atoms with Gasteiger partial charge in [0, 0.05) is 16.2 Å². The third-order valence-corrected chi connectivity index (χ3v) is 3.72. The molecule has 1 aromatic heterocycles. The zero-order valence-electron chi connectivity index (χ0n) is 12.4. The van der Waals surface area contributed by atoms with Gasteiger partial charge in [0.15, 0.2) is 0 Å². The molecule has 18 heavy (non-hydrogen) atoms. The van der Waals surface area contributed by atoms with Gasteiger partial charge < -0.3 is 5.32 Å². The van der Waals surface area contributed by atoms with Crippen molar-refractivity contribution in [3.05, 3.63) is 16.1 Å². The minimum Gasteiger partial charge on any atom is -0.347 e. The topological polar surface area (TPSA) is 42.0 Å². The molecule has 102 valence electrons. The van der Waals surface area contributed by atoms with Crippen LogP contribution in [0.25, 0.3) is 0 Å². The van der Waals surface area contributed by atoms with Gasteiger partial charge in [-0.25, -0.2) is 4.98 Å². The molecule has 0 unspecified atom stereocenters. The molecular formula is C14H24N2OS. The largest absolute Gasteiger partial charge is 0.347 e. The summed E-state index contributed by atoms with van der Waals surface area (Å²) in [6.45, 7) is 14.2. The van der Waals surface area contributed by atoms with Gasteiger partial charge in [-0.1, -0.05) is 41.5 Å². The molecule has 3 nitrogen and oxygen atoms in total. The molecule has 1 atom stereocenters. The van der Waals surface area contributed by atoms with Gasteiger partial charge in [-0.3, -0.25) is 4.79 Å². The summed E-state index contributed by atoms with van der Waals surface area (Å²) >= 11 is 1.61. The van der Waals surface area contributed by atoms with Crippen molar-refractivity contribution in [1.29, 1.82) is 0 Å². The Kier molecular flexibility index (Phi) is 4.21. The summed E-state index contributed by atoms with van der Waals surface area (Å²) in [6.07, 6.45) is 0. The minimum absolute atomic E-state index is 0.0298. The molecule has 0 aliphatic rings. The van der Waals surface area contributed by atoms with E-state index in [0.29, 0.717) is 0 Å². The number of carbonyl (C=O) groups is 1. The van der Waals surface area contributed by atoms with Crippen molar-refractivity contribution in [2.24, 2.45) is 5.41 Å². The highest BCUT2D eigenvalue weighted by Gasteiger charge is 2.25. The van der Waals surface area contributed by atoms with E-state index in [0.717, 1.165) is 10.7 Å². The van der Waals surface area contributed by atoms with Crippen LogP contribution in [-0.4, -0.2) is 10.9 Å². The van der Waals surface area contributed by atoms with Gasteiger partial charge in [0.2, 0.25) is 5.91 Å². The van der Waals surface area contributed by atoms with Crippen LogP contribution in [0.4, 0.5) is 0 Å². The molecule has 0 bridgehead atoms. The summed E-state index contributed by atoms with van der Waals surface area (Å²) in [5.74, 6) is 0.0579. The Labute approximate surface area is 114 Å². The molecule has 0 spiro atoms. The lowest BCUT2D eigenvalue weighted by atomic mass is 9.93. The van der Waals surface area contributed by atoms with E-state index in [1.54, 1.807) is 11.3 Å². The van der Waals surface area contributed by atoms with Crippen molar-refractivity contribution in [3.8, 4) is 0 Å². The molecule has 4 heteroatoms. The Morgan fingerprint density at radius 3 is 2.22 bits per heavy atom. The predicted molar refractivity (Wildman–Crippen MR) is 76.8 cm³/mol. The van der Waals surface area contributed by atoms with Gasteiger partial charge in [-0.2, -0.15) is 0 Å². The normalized spacial score (nSPS) is 14.4. The highest BCUT2D eigenvalue weighted by molar-refractivity contribution is 7.09. The van der Waals surface area contributed by atoms with E-state index in [9.17, 15) is 4.79 Å². The molecule has 1 aromatic rings. The quantitative estimate of drug-likeness (QED) is 0.889. The fourth-order valence-electron chi connectivity index (χ4n) is 1.31.